The minimum Gasteiger partial charge on any atom is -0.493 e. The molecule has 0 saturated heterocycles. The van der Waals surface area contributed by atoms with E-state index in [-0.39, 0.29) is 13.2 Å². The Labute approximate surface area is 179 Å². The molecule has 0 radical (unpaired) electrons. The molecule has 7 nitrogen and oxygen atoms in total. The van der Waals surface area contributed by atoms with Gasteiger partial charge in [0.1, 0.15) is 24.2 Å². The molecule has 0 bridgehead atoms. The normalized spacial score (nSPS) is 12.3. The van der Waals surface area contributed by atoms with Crippen LogP contribution in [0.1, 0.15) is 18.9 Å². The van der Waals surface area contributed by atoms with Gasteiger partial charge in [-0.1, -0.05) is 18.2 Å². The summed E-state index contributed by atoms with van der Waals surface area (Å²) < 4.78 is 16.4. The number of nitrogens with one attached hydrogen (secondary N) is 2. The Bertz CT molecular complexity index is 783. The van der Waals surface area contributed by atoms with Gasteiger partial charge in [-0.15, -0.1) is 0 Å². The Morgan fingerprint density at radius 1 is 1.07 bits per heavy atom. The van der Waals surface area contributed by atoms with Gasteiger partial charge in [0.2, 0.25) is 0 Å². The van der Waals surface area contributed by atoms with Crippen LogP contribution in [0, 0.1) is 6.92 Å². The van der Waals surface area contributed by atoms with Crippen molar-refractivity contribution >= 4 is 11.6 Å². The van der Waals surface area contributed by atoms with E-state index in [4.69, 9.17) is 14.2 Å². The van der Waals surface area contributed by atoms with Crippen molar-refractivity contribution in [3.05, 3.63) is 54.1 Å². The first-order valence-corrected chi connectivity index (χ1v) is 10.3. The maximum Gasteiger partial charge on any atom is 0.195 e. The Hall–Kier alpha value is -2.77. The van der Waals surface area contributed by atoms with E-state index in [2.05, 4.69) is 15.6 Å². The SMILES string of the molecule is CCNC(=NCC(O)COc1cccc(C)c1)Nc1cccc(OCCCOC)c1. The van der Waals surface area contributed by atoms with Crippen molar-refractivity contribution in [2.45, 2.75) is 26.4 Å². The average Bonchev–Trinajstić information content (AvgIpc) is 2.74. The first kappa shape index (κ1) is 23.5. The number of methoxy groups -OCH3 is 1. The fourth-order valence-corrected chi connectivity index (χ4v) is 2.65. The van der Waals surface area contributed by atoms with E-state index in [1.807, 2.05) is 62.4 Å². The molecule has 0 aliphatic heterocycles. The number of hydrogen-bond acceptors (Lipinski definition) is 5. The van der Waals surface area contributed by atoms with E-state index >= 15 is 0 Å². The third kappa shape index (κ3) is 9.15. The number of nitrogens with zero attached hydrogens (tertiary/aromatic N) is 1. The zero-order chi connectivity index (χ0) is 21.6. The summed E-state index contributed by atoms with van der Waals surface area (Å²) in [5, 5.41) is 16.6. The number of guanidine groups is 1. The molecule has 0 fully saturated rings. The van der Waals surface area contributed by atoms with E-state index in [1.165, 1.54) is 0 Å². The molecule has 164 valence electrons. The molecule has 2 aromatic rings. The maximum atomic E-state index is 10.2. The van der Waals surface area contributed by atoms with Crippen molar-refractivity contribution in [1.29, 1.82) is 0 Å². The lowest BCUT2D eigenvalue weighted by Crippen LogP contribution is -2.32. The van der Waals surface area contributed by atoms with Gasteiger partial charge in [-0.2, -0.15) is 0 Å². The van der Waals surface area contributed by atoms with E-state index < -0.39 is 6.10 Å². The summed E-state index contributed by atoms with van der Waals surface area (Å²) >= 11 is 0. The highest BCUT2D eigenvalue weighted by molar-refractivity contribution is 5.93. The first-order chi connectivity index (χ1) is 14.6. The largest absolute Gasteiger partial charge is 0.493 e. The van der Waals surface area contributed by atoms with Crippen molar-refractivity contribution in [3.8, 4) is 11.5 Å². The molecule has 0 aliphatic rings. The molecule has 7 heteroatoms. The predicted octanol–water partition coefficient (Wildman–Crippen LogP) is 3.23. The molecule has 0 amide bonds. The van der Waals surface area contributed by atoms with Gasteiger partial charge in [0.15, 0.2) is 5.96 Å². The Morgan fingerprint density at radius 2 is 1.83 bits per heavy atom. The molecular weight excluding hydrogens is 382 g/mol. The Morgan fingerprint density at radius 3 is 2.57 bits per heavy atom. The number of rotatable bonds is 12. The summed E-state index contributed by atoms with van der Waals surface area (Å²) in [7, 11) is 1.68. The van der Waals surface area contributed by atoms with Gasteiger partial charge in [-0.3, -0.25) is 4.99 Å². The molecule has 30 heavy (non-hydrogen) atoms. The number of aliphatic imine (C=N–C) groups is 1. The van der Waals surface area contributed by atoms with Crippen molar-refractivity contribution in [1.82, 2.24) is 5.32 Å². The molecule has 2 rings (SSSR count). The van der Waals surface area contributed by atoms with Crippen LogP contribution >= 0.6 is 0 Å². The van der Waals surface area contributed by atoms with E-state index in [9.17, 15) is 5.11 Å². The van der Waals surface area contributed by atoms with Crippen molar-refractivity contribution in [2.75, 3.05) is 45.3 Å². The highest BCUT2D eigenvalue weighted by atomic mass is 16.5. The van der Waals surface area contributed by atoms with Crippen LogP contribution in [0.15, 0.2) is 53.5 Å². The van der Waals surface area contributed by atoms with E-state index in [1.54, 1.807) is 7.11 Å². The van der Waals surface area contributed by atoms with Gasteiger partial charge in [0, 0.05) is 38.4 Å². The lowest BCUT2D eigenvalue weighted by molar-refractivity contribution is 0.114. The van der Waals surface area contributed by atoms with Crippen LogP contribution in [0.2, 0.25) is 0 Å². The molecule has 1 unspecified atom stereocenters. The summed E-state index contributed by atoms with van der Waals surface area (Å²) in [5.41, 5.74) is 1.97. The fraction of sp³-hybridized carbons (Fsp3) is 0.435. The minimum atomic E-state index is -0.712. The van der Waals surface area contributed by atoms with E-state index in [0.29, 0.717) is 25.7 Å². The summed E-state index contributed by atoms with van der Waals surface area (Å²) in [6.45, 7) is 6.36. The van der Waals surface area contributed by atoms with Crippen LogP contribution in [0.25, 0.3) is 0 Å². The maximum absolute atomic E-state index is 10.2. The lowest BCUT2D eigenvalue weighted by atomic mass is 10.2. The van der Waals surface area contributed by atoms with Gasteiger partial charge in [-0.25, -0.2) is 0 Å². The molecule has 3 N–H and O–H groups in total. The second kappa shape index (κ2) is 13.5. The van der Waals surface area contributed by atoms with Gasteiger partial charge in [0.05, 0.1) is 13.2 Å². The lowest BCUT2D eigenvalue weighted by Gasteiger charge is -2.15. The number of aliphatic hydroxyl groups excluding tert-OH is 1. The molecule has 0 saturated carbocycles. The third-order valence-corrected chi connectivity index (χ3v) is 4.09. The molecule has 1 atom stereocenters. The van der Waals surface area contributed by atoms with Crippen LogP contribution in [0.4, 0.5) is 5.69 Å². The number of hydrogen-bond donors (Lipinski definition) is 3. The third-order valence-electron chi connectivity index (χ3n) is 4.09. The zero-order valence-electron chi connectivity index (χ0n) is 18.1. The van der Waals surface area contributed by atoms with Gasteiger partial charge in [-0.05, 0) is 43.7 Å². The number of aryl methyl sites for hydroxylation is 1. The van der Waals surface area contributed by atoms with Gasteiger partial charge < -0.3 is 30.0 Å². The number of benzene rings is 2. The quantitative estimate of drug-likeness (QED) is 0.280. The highest BCUT2D eigenvalue weighted by Crippen LogP contribution is 2.17. The summed E-state index contributed by atoms with van der Waals surface area (Å²) in [4.78, 5) is 4.46. The molecule has 0 aromatic heterocycles. The Kier molecular flexibility index (Phi) is 10.5. The van der Waals surface area contributed by atoms with Crippen LogP contribution in [-0.4, -0.2) is 57.2 Å². The topological polar surface area (TPSA) is 84.3 Å². The van der Waals surface area contributed by atoms with Gasteiger partial charge in [0.25, 0.3) is 0 Å². The summed E-state index contributed by atoms with van der Waals surface area (Å²) in [6, 6.07) is 15.4. The summed E-state index contributed by atoms with van der Waals surface area (Å²) in [5.74, 6) is 2.10. The van der Waals surface area contributed by atoms with E-state index in [0.717, 1.165) is 29.2 Å². The second-order valence-corrected chi connectivity index (χ2v) is 6.85. The van der Waals surface area contributed by atoms with Crippen LogP contribution in [-0.2, 0) is 4.74 Å². The molecular formula is C23H33N3O4. The highest BCUT2D eigenvalue weighted by Gasteiger charge is 2.07. The number of ether oxygens (including phenoxy) is 3. The van der Waals surface area contributed by atoms with Crippen LogP contribution in [0.3, 0.4) is 0 Å². The van der Waals surface area contributed by atoms with Crippen LogP contribution in [0.5, 0.6) is 11.5 Å². The van der Waals surface area contributed by atoms with Crippen molar-refractivity contribution < 1.29 is 19.3 Å². The second-order valence-electron chi connectivity index (χ2n) is 6.85. The molecule has 2 aromatic carbocycles. The fourth-order valence-electron chi connectivity index (χ4n) is 2.65. The standard InChI is InChI=1S/C23H33N3O4/c1-4-24-23(25-16-20(27)17-30-21-10-5-8-18(2)14-21)26-19-9-6-11-22(15-19)29-13-7-12-28-3/h5-6,8-11,14-15,20,27H,4,7,12-13,16-17H2,1-3H3,(H2,24,25,26). The van der Waals surface area contributed by atoms with Crippen molar-refractivity contribution in [3.63, 3.8) is 0 Å². The predicted molar refractivity (Wildman–Crippen MR) is 121 cm³/mol. The smallest absolute Gasteiger partial charge is 0.195 e. The number of anilines is 1. The van der Waals surface area contributed by atoms with Gasteiger partial charge >= 0.3 is 0 Å². The summed E-state index contributed by atoms with van der Waals surface area (Å²) in [6.07, 6.45) is 0.122. The number of aliphatic hydroxyl groups is 1. The molecule has 0 spiro atoms. The molecule has 0 heterocycles. The molecule has 0 aliphatic carbocycles. The average molecular weight is 416 g/mol. The minimum absolute atomic E-state index is 0.178. The zero-order valence-corrected chi connectivity index (χ0v) is 18.1. The monoisotopic (exact) mass is 415 g/mol. The first-order valence-electron chi connectivity index (χ1n) is 10.3. The Balaban J connectivity index is 1.87. The van der Waals surface area contributed by atoms with Crippen molar-refractivity contribution in [2.24, 2.45) is 4.99 Å². The van der Waals surface area contributed by atoms with Crippen LogP contribution < -0.4 is 20.1 Å².